The van der Waals surface area contributed by atoms with Gasteiger partial charge in [0.15, 0.2) is 5.96 Å². The molecule has 0 radical (unpaired) electrons. The first-order valence-electron chi connectivity index (χ1n) is 9.37. The van der Waals surface area contributed by atoms with E-state index in [-0.39, 0.29) is 24.0 Å². The Morgan fingerprint density at radius 1 is 1.11 bits per heavy atom. The van der Waals surface area contributed by atoms with E-state index in [9.17, 15) is 0 Å². The lowest BCUT2D eigenvalue weighted by atomic mass is 10.1. The van der Waals surface area contributed by atoms with E-state index in [4.69, 9.17) is 4.74 Å². The molecule has 1 aromatic heterocycles. The Bertz CT molecular complexity index is 893. The molecule has 2 aromatic carbocycles. The van der Waals surface area contributed by atoms with Crippen LogP contribution in [0.25, 0.3) is 10.8 Å². The van der Waals surface area contributed by atoms with Crippen LogP contribution in [0, 0.1) is 0 Å². The van der Waals surface area contributed by atoms with Crippen molar-refractivity contribution in [2.45, 2.75) is 19.9 Å². The highest BCUT2D eigenvalue weighted by Crippen LogP contribution is 2.20. The van der Waals surface area contributed by atoms with E-state index in [2.05, 4.69) is 51.9 Å². The predicted octanol–water partition coefficient (Wildman–Crippen LogP) is 3.72. The van der Waals surface area contributed by atoms with Crippen molar-refractivity contribution in [2.75, 3.05) is 19.7 Å². The van der Waals surface area contributed by atoms with Crippen LogP contribution in [0.1, 0.15) is 19.0 Å². The third-order valence-corrected chi connectivity index (χ3v) is 4.27. The van der Waals surface area contributed by atoms with Gasteiger partial charge in [0, 0.05) is 26.3 Å². The average molecular weight is 493 g/mol. The number of hydrogen-bond acceptors (Lipinski definition) is 3. The zero-order valence-electron chi connectivity index (χ0n) is 16.4. The van der Waals surface area contributed by atoms with Gasteiger partial charge in [-0.2, -0.15) is 5.10 Å². The third-order valence-electron chi connectivity index (χ3n) is 4.27. The van der Waals surface area contributed by atoms with Crippen molar-refractivity contribution < 1.29 is 4.74 Å². The normalized spacial score (nSPS) is 11.1. The molecule has 150 valence electrons. The molecule has 0 fully saturated rings. The quantitative estimate of drug-likeness (QED) is 0.217. The van der Waals surface area contributed by atoms with Gasteiger partial charge < -0.3 is 15.4 Å². The van der Waals surface area contributed by atoms with Crippen LogP contribution < -0.4 is 15.4 Å². The molecule has 1 heterocycles. The fourth-order valence-electron chi connectivity index (χ4n) is 2.78. The molecule has 0 bridgehead atoms. The number of nitrogens with one attached hydrogen (secondary N) is 2. The minimum atomic E-state index is 0. The summed E-state index contributed by atoms with van der Waals surface area (Å²) >= 11 is 0. The SMILES string of the molecule is CCNC(=NCc1ccnn1C)NCCCOc1ccc2ccccc2c1.I. The van der Waals surface area contributed by atoms with Crippen LogP contribution in [-0.4, -0.2) is 35.4 Å². The molecule has 0 saturated heterocycles. The molecule has 2 N–H and O–H groups in total. The van der Waals surface area contributed by atoms with Crippen LogP contribution in [-0.2, 0) is 13.6 Å². The van der Waals surface area contributed by atoms with Crippen LogP contribution in [0.15, 0.2) is 59.7 Å². The minimum absolute atomic E-state index is 0. The lowest BCUT2D eigenvalue weighted by Crippen LogP contribution is -2.38. The Labute approximate surface area is 183 Å². The maximum atomic E-state index is 5.88. The van der Waals surface area contributed by atoms with Crippen molar-refractivity contribution in [1.82, 2.24) is 20.4 Å². The molecule has 7 heteroatoms. The van der Waals surface area contributed by atoms with Crippen molar-refractivity contribution in [3.05, 3.63) is 60.4 Å². The van der Waals surface area contributed by atoms with E-state index >= 15 is 0 Å². The highest BCUT2D eigenvalue weighted by molar-refractivity contribution is 14.0. The lowest BCUT2D eigenvalue weighted by molar-refractivity contribution is 0.311. The summed E-state index contributed by atoms with van der Waals surface area (Å²) in [7, 11) is 1.93. The average Bonchev–Trinajstić information content (AvgIpc) is 3.10. The summed E-state index contributed by atoms with van der Waals surface area (Å²) in [6.45, 7) is 4.94. The zero-order valence-corrected chi connectivity index (χ0v) is 18.7. The Hall–Kier alpha value is -2.29. The van der Waals surface area contributed by atoms with E-state index in [1.165, 1.54) is 10.8 Å². The van der Waals surface area contributed by atoms with Gasteiger partial charge in [0.05, 0.1) is 18.8 Å². The molecule has 3 rings (SSSR count). The molecular weight excluding hydrogens is 465 g/mol. The first-order valence-corrected chi connectivity index (χ1v) is 9.37. The Balaban J connectivity index is 0.00000280. The molecule has 0 atom stereocenters. The van der Waals surface area contributed by atoms with E-state index in [1.54, 1.807) is 6.20 Å². The second-order valence-corrected chi connectivity index (χ2v) is 6.28. The fraction of sp³-hybridized carbons (Fsp3) is 0.333. The van der Waals surface area contributed by atoms with E-state index in [0.717, 1.165) is 36.9 Å². The number of rotatable bonds is 8. The number of halogens is 1. The molecule has 28 heavy (non-hydrogen) atoms. The smallest absolute Gasteiger partial charge is 0.191 e. The Morgan fingerprint density at radius 2 is 1.93 bits per heavy atom. The predicted molar refractivity (Wildman–Crippen MR) is 126 cm³/mol. The Kier molecular flexibility index (Phi) is 9.06. The van der Waals surface area contributed by atoms with Crippen molar-refractivity contribution in [3.8, 4) is 5.75 Å². The summed E-state index contributed by atoms with van der Waals surface area (Å²) in [5.74, 6) is 1.72. The number of benzene rings is 2. The maximum Gasteiger partial charge on any atom is 0.191 e. The summed E-state index contributed by atoms with van der Waals surface area (Å²) in [4.78, 5) is 4.60. The number of hydrogen-bond donors (Lipinski definition) is 2. The van der Waals surface area contributed by atoms with Gasteiger partial charge in [0.1, 0.15) is 5.75 Å². The summed E-state index contributed by atoms with van der Waals surface area (Å²) in [6, 6.07) is 16.5. The van der Waals surface area contributed by atoms with Gasteiger partial charge in [-0.05, 0) is 42.3 Å². The molecule has 0 aliphatic heterocycles. The minimum Gasteiger partial charge on any atom is -0.494 e. The standard InChI is InChI=1S/C21H27N5O.HI/c1-3-22-21(24-16-19-11-13-25-26(19)2)23-12-6-14-27-20-10-9-17-7-4-5-8-18(17)15-20;/h4-5,7-11,13,15H,3,6,12,14,16H2,1-2H3,(H2,22,23,24);1H. The third kappa shape index (κ3) is 6.40. The zero-order chi connectivity index (χ0) is 18.9. The van der Waals surface area contributed by atoms with Gasteiger partial charge in [0.2, 0.25) is 0 Å². The van der Waals surface area contributed by atoms with Gasteiger partial charge in [-0.3, -0.25) is 4.68 Å². The van der Waals surface area contributed by atoms with E-state index < -0.39 is 0 Å². The second kappa shape index (κ2) is 11.5. The number of ether oxygens (including phenoxy) is 1. The number of aromatic nitrogens is 2. The van der Waals surface area contributed by atoms with Crippen LogP contribution in [0.4, 0.5) is 0 Å². The number of aliphatic imine (C=N–C) groups is 1. The molecule has 0 unspecified atom stereocenters. The van der Waals surface area contributed by atoms with Crippen LogP contribution in [0.3, 0.4) is 0 Å². The first-order chi connectivity index (χ1) is 13.3. The van der Waals surface area contributed by atoms with E-state index in [1.807, 2.05) is 36.0 Å². The van der Waals surface area contributed by atoms with Crippen LogP contribution in [0.5, 0.6) is 5.75 Å². The molecule has 0 saturated carbocycles. The topological polar surface area (TPSA) is 63.5 Å². The molecule has 0 spiro atoms. The van der Waals surface area contributed by atoms with Crippen molar-refractivity contribution >= 4 is 40.7 Å². The van der Waals surface area contributed by atoms with Gasteiger partial charge in [-0.1, -0.05) is 30.3 Å². The monoisotopic (exact) mass is 493 g/mol. The summed E-state index contributed by atoms with van der Waals surface area (Å²) in [5.41, 5.74) is 1.08. The van der Waals surface area contributed by atoms with Gasteiger partial charge in [0.25, 0.3) is 0 Å². The molecular formula is C21H28IN5O. The molecule has 0 aliphatic carbocycles. The first kappa shape index (κ1) is 22.0. The molecule has 0 amide bonds. The molecule has 0 aliphatic rings. The van der Waals surface area contributed by atoms with Gasteiger partial charge in [-0.25, -0.2) is 4.99 Å². The highest BCUT2D eigenvalue weighted by Gasteiger charge is 2.01. The second-order valence-electron chi connectivity index (χ2n) is 6.28. The Morgan fingerprint density at radius 3 is 2.68 bits per heavy atom. The maximum absolute atomic E-state index is 5.88. The van der Waals surface area contributed by atoms with Crippen molar-refractivity contribution in [1.29, 1.82) is 0 Å². The summed E-state index contributed by atoms with van der Waals surface area (Å²) < 4.78 is 7.72. The largest absolute Gasteiger partial charge is 0.494 e. The van der Waals surface area contributed by atoms with Crippen molar-refractivity contribution in [2.24, 2.45) is 12.0 Å². The number of guanidine groups is 1. The van der Waals surface area contributed by atoms with Crippen molar-refractivity contribution in [3.63, 3.8) is 0 Å². The van der Waals surface area contributed by atoms with E-state index in [0.29, 0.717) is 13.2 Å². The fourth-order valence-corrected chi connectivity index (χ4v) is 2.78. The van der Waals surface area contributed by atoms with Crippen LogP contribution >= 0.6 is 24.0 Å². The lowest BCUT2D eigenvalue weighted by Gasteiger charge is -2.12. The summed E-state index contributed by atoms with van der Waals surface area (Å²) in [5, 5.41) is 13.2. The number of fused-ring (bicyclic) bond motifs is 1. The molecule has 6 nitrogen and oxygen atoms in total. The highest BCUT2D eigenvalue weighted by atomic mass is 127. The van der Waals surface area contributed by atoms with Crippen LogP contribution in [0.2, 0.25) is 0 Å². The number of nitrogens with zero attached hydrogens (tertiary/aromatic N) is 3. The van der Waals surface area contributed by atoms with Gasteiger partial charge >= 0.3 is 0 Å². The molecule has 3 aromatic rings. The van der Waals surface area contributed by atoms with Gasteiger partial charge in [-0.15, -0.1) is 24.0 Å². The summed E-state index contributed by atoms with van der Waals surface area (Å²) in [6.07, 6.45) is 2.68. The number of aryl methyl sites for hydroxylation is 1.